The van der Waals surface area contributed by atoms with E-state index in [0.717, 1.165) is 11.3 Å². The number of nitrogens with zero attached hydrogens (tertiary/aromatic N) is 1. The molecule has 1 amide bonds. The Bertz CT molecular complexity index is 716. The average molecular weight is 356 g/mol. The van der Waals surface area contributed by atoms with Crippen molar-refractivity contribution in [1.82, 2.24) is 10.2 Å². The first-order valence-corrected chi connectivity index (χ1v) is 8.60. The van der Waals surface area contributed by atoms with Gasteiger partial charge in [-0.15, -0.1) is 0 Å². The molecule has 0 atom stereocenters. The van der Waals surface area contributed by atoms with E-state index >= 15 is 0 Å². The van der Waals surface area contributed by atoms with Gasteiger partial charge in [-0.3, -0.25) is 9.69 Å². The van der Waals surface area contributed by atoms with Crippen LogP contribution < -0.4 is 10.1 Å². The van der Waals surface area contributed by atoms with Gasteiger partial charge in [0.05, 0.1) is 6.54 Å². The van der Waals surface area contributed by atoms with Crippen molar-refractivity contribution in [3.05, 3.63) is 78.1 Å². The van der Waals surface area contributed by atoms with Gasteiger partial charge in [0.25, 0.3) is 0 Å². The van der Waals surface area contributed by atoms with Gasteiger partial charge in [-0.25, -0.2) is 4.39 Å². The number of carbonyl (C=O) groups is 1. The molecule has 0 radical (unpaired) electrons. The van der Waals surface area contributed by atoms with Crippen LogP contribution in [0.2, 0.25) is 0 Å². The highest BCUT2D eigenvalue weighted by Gasteiger charge is 2.08. The van der Waals surface area contributed by atoms with Crippen LogP contribution in [0.25, 0.3) is 0 Å². The molecule has 5 heteroatoms. The van der Waals surface area contributed by atoms with E-state index in [2.05, 4.69) is 11.9 Å². The normalized spacial score (nSPS) is 10.6. The van der Waals surface area contributed by atoms with Crippen molar-refractivity contribution in [2.24, 2.45) is 0 Å². The SMILES string of the molecule is C=CCOc1ccc(CN(C)CC(=O)NCCc2ccccc2F)cc1. The van der Waals surface area contributed by atoms with Crippen molar-refractivity contribution in [2.45, 2.75) is 13.0 Å². The molecule has 26 heavy (non-hydrogen) atoms. The van der Waals surface area contributed by atoms with E-state index in [1.165, 1.54) is 6.07 Å². The Morgan fingerprint density at radius 3 is 2.65 bits per heavy atom. The van der Waals surface area contributed by atoms with Crippen molar-refractivity contribution in [3.8, 4) is 5.75 Å². The number of rotatable bonds is 10. The summed E-state index contributed by atoms with van der Waals surface area (Å²) < 4.78 is 19.0. The van der Waals surface area contributed by atoms with Crippen LogP contribution in [0.4, 0.5) is 4.39 Å². The smallest absolute Gasteiger partial charge is 0.234 e. The molecule has 0 heterocycles. The molecular weight excluding hydrogens is 331 g/mol. The van der Waals surface area contributed by atoms with Crippen molar-refractivity contribution in [3.63, 3.8) is 0 Å². The third-order valence-corrected chi connectivity index (χ3v) is 3.83. The Balaban J connectivity index is 1.71. The molecule has 0 bridgehead atoms. The molecule has 0 aliphatic heterocycles. The second-order valence-corrected chi connectivity index (χ2v) is 6.11. The summed E-state index contributed by atoms with van der Waals surface area (Å²) in [5.41, 5.74) is 1.71. The van der Waals surface area contributed by atoms with Gasteiger partial charge in [0.15, 0.2) is 0 Å². The van der Waals surface area contributed by atoms with Crippen LogP contribution in [0.3, 0.4) is 0 Å². The second-order valence-electron chi connectivity index (χ2n) is 6.11. The van der Waals surface area contributed by atoms with Crippen LogP contribution in [0, 0.1) is 5.82 Å². The zero-order chi connectivity index (χ0) is 18.8. The lowest BCUT2D eigenvalue weighted by molar-refractivity contribution is -0.122. The fourth-order valence-electron chi connectivity index (χ4n) is 2.55. The van der Waals surface area contributed by atoms with E-state index in [0.29, 0.717) is 31.7 Å². The number of hydrogen-bond acceptors (Lipinski definition) is 3. The fraction of sp³-hybridized carbons (Fsp3) is 0.286. The van der Waals surface area contributed by atoms with E-state index in [4.69, 9.17) is 4.74 Å². The lowest BCUT2D eigenvalue weighted by atomic mass is 10.1. The number of halogens is 1. The second kappa shape index (κ2) is 10.4. The minimum Gasteiger partial charge on any atom is -0.490 e. The van der Waals surface area contributed by atoms with Gasteiger partial charge in [0, 0.05) is 13.1 Å². The molecule has 4 nitrogen and oxygen atoms in total. The van der Waals surface area contributed by atoms with E-state index in [-0.39, 0.29) is 18.3 Å². The predicted molar refractivity (Wildman–Crippen MR) is 102 cm³/mol. The van der Waals surface area contributed by atoms with Crippen molar-refractivity contribution in [2.75, 3.05) is 26.7 Å². The zero-order valence-electron chi connectivity index (χ0n) is 15.1. The first kappa shape index (κ1) is 19.7. The summed E-state index contributed by atoms with van der Waals surface area (Å²) in [6.45, 7) is 5.45. The maximum Gasteiger partial charge on any atom is 0.234 e. The van der Waals surface area contributed by atoms with Gasteiger partial charge in [-0.2, -0.15) is 0 Å². The third kappa shape index (κ3) is 6.69. The Kier molecular flexibility index (Phi) is 7.83. The average Bonchev–Trinajstić information content (AvgIpc) is 2.62. The van der Waals surface area contributed by atoms with Gasteiger partial charge in [0.2, 0.25) is 5.91 Å². The number of amides is 1. The lowest BCUT2D eigenvalue weighted by Gasteiger charge is -2.16. The Morgan fingerprint density at radius 2 is 1.96 bits per heavy atom. The van der Waals surface area contributed by atoms with Gasteiger partial charge >= 0.3 is 0 Å². The molecule has 138 valence electrons. The van der Waals surface area contributed by atoms with E-state index in [9.17, 15) is 9.18 Å². The number of nitrogens with one attached hydrogen (secondary N) is 1. The number of likely N-dealkylation sites (N-methyl/N-ethyl adjacent to an activating group) is 1. The van der Waals surface area contributed by atoms with Crippen LogP contribution in [0.15, 0.2) is 61.2 Å². The monoisotopic (exact) mass is 356 g/mol. The minimum atomic E-state index is -0.237. The van der Waals surface area contributed by atoms with Crippen molar-refractivity contribution in [1.29, 1.82) is 0 Å². The van der Waals surface area contributed by atoms with E-state index in [1.54, 1.807) is 24.3 Å². The van der Waals surface area contributed by atoms with Crippen molar-refractivity contribution < 1.29 is 13.9 Å². The molecule has 1 N–H and O–H groups in total. The van der Waals surface area contributed by atoms with Gasteiger partial charge in [0.1, 0.15) is 18.2 Å². The van der Waals surface area contributed by atoms with Crippen molar-refractivity contribution >= 4 is 5.91 Å². The molecule has 0 aliphatic rings. The highest BCUT2D eigenvalue weighted by molar-refractivity contribution is 5.77. The van der Waals surface area contributed by atoms with Gasteiger partial charge in [-0.05, 0) is 42.8 Å². The van der Waals surface area contributed by atoms with Crippen LogP contribution in [-0.4, -0.2) is 37.6 Å². The van der Waals surface area contributed by atoms with Crippen LogP contribution in [0.1, 0.15) is 11.1 Å². The number of carbonyl (C=O) groups excluding carboxylic acids is 1. The summed E-state index contributed by atoms with van der Waals surface area (Å²) >= 11 is 0. The number of benzene rings is 2. The summed E-state index contributed by atoms with van der Waals surface area (Å²) in [6, 6.07) is 14.4. The Labute approximate surface area is 154 Å². The molecule has 2 aromatic carbocycles. The van der Waals surface area contributed by atoms with Crippen LogP contribution >= 0.6 is 0 Å². The number of hydrogen-bond donors (Lipinski definition) is 1. The maximum absolute atomic E-state index is 13.5. The molecule has 0 unspecified atom stereocenters. The summed E-state index contributed by atoms with van der Waals surface area (Å²) in [7, 11) is 1.89. The molecule has 0 saturated heterocycles. The molecule has 2 aromatic rings. The molecule has 0 aromatic heterocycles. The first-order valence-electron chi connectivity index (χ1n) is 8.60. The minimum absolute atomic E-state index is 0.0743. The van der Waals surface area contributed by atoms with Gasteiger partial charge < -0.3 is 10.1 Å². The quantitative estimate of drug-likeness (QED) is 0.665. The maximum atomic E-state index is 13.5. The van der Waals surface area contributed by atoms with Crippen LogP contribution in [0.5, 0.6) is 5.75 Å². The molecule has 0 saturated carbocycles. The van der Waals surface area contributed by atoms with E-state index in [1.807, 2.05) is 36.2 Å². The Hall–Kier alpha value is -2.66. The Morgan fingerprint density at radius 1 is 1.23 bits per heavy atom. The third-order valence-electron chi connectivity index (χ3n) is 3.83. The summed E-state index contributed by atoms with van der Waals surface area (Å²) in [5.74, 6) is 0.483. The van der Waals surface area contributed by atoms with E-state index < -0.39 is 0 Å². The first-order chi connectivity index (χ1) is 12.6. The standard InChI is InChI=1S/C21H25FN2O2/c1-3-14-26-19-10-8-17(9-11-19)15-24(2)16-21(25)23-13-12-18-6-4-5-7-20(18)22/h3-11H,1,12-16H2,2H3,(H,23,25). The molecule has 0 spiro atoms. The molecule has 2 rings (SSSR count). The molecular formula is C21H25FN2O2. The molecule has 0 aliphatic carbocycles. The zero-order valence-corrected chi connectivity index (χ0v) is 15.1. The molecule has 0 fully saturated rings. The lowest BCUT2D eigenvalue weighted by Crippen LogP contribution is -2.35. The van der Waals surface area contributed by atoms with Gasteiger partial charge in [-0.1, -0.05) is 43.0 Å². The largest absolute Gasteiger partial charge is 0.490 e. The highest BCUT2D eigenvalue weighted by Crippen LogP contribution is 2.13. The topological polar surface area (TPSA) is 41.6 Å². The van der Waals surface area contributed by atoms with Crippen LogP contribution in [-0.2, 0) is 17.8 Å². The highest BCUT2D eigenvalue weighted by atomic mass is 19.1. The predicted octanol–water partition coefficient (Wildman–Crippen LogP) is 3.18. The number of ether oxygens (including phenoxy) is 1. The fourth-order valence-corrected chi connectivity index (χ4v) is 2.55. The summed E-state index contributed by atoms with van der Waals surface area (Å²) in [5, 5.41) is 2.83. The summed E-state index contributed by atoms with van der Waals surface area (Å²) in [4.78, 5) is 13.9. The summed E-state index contributed by atoms with van der Waals surface area (Å²) in [6.07, 6.45) is 2.18.